The number of rotatable bonds is 4. The number of thiazole rings is 1. The summed E-state index contributed by atoms with van der Waals surface area (Å²) in [6.07, 6.45) is 1.75. The third-order valence-electron chi connectivity index (χ3n) is 4.98. The van der Waals surface area contributed by atoms with Gasteiger partial charge in [-0.1, -0.05) is 53.8 Å². The minimum Gasteiger partial charge on any atom is -0.466 e. The number of ether oxygens (including phenoxy) is 2. The van der Waals surface area contributed by atoms with E-state index in [0.717, 1.165) is 11.1 Å². The molecule has 0 spiro atoms. The fourth-order valence-corrected chi connectivity index (χ4v) is 4.64. The Morgan fingerprint density at radius 2 is 1.78 bits per heavy atom. The Hall–Kier alpha value is -3.78. The van der Waals surface area contributed by atoms with Crippen LogP contribution < -0.4 is 19.6 Å². The van der Waals surface area contributed by atoms with Crippen LogP contribution in [0.15, 0.2) is 75.7 Å². The number of hydrogen-bond donors (Lipinski definition) is 0. The minimum atomic E-state index is -0.631. The van der Waals surface area contributed by atoms with Gasteiger partial charge in [-0.3, -0.25) is 14.2 Å². The van der Waals surface area contributed by atoms with Gasteiger partial charge in [-0.25, -0.2) is 9.79 Å². The first-order valence-corrected chi connectivity index (χ1v) is 10.6. The first kappa shape index (κ1) is 21.5. The summed E-state index contributed by atoms with van der Waals surface area (Å²) in [7, 11) is 1.31. The molecular weight excluding hydrogens is 428 g/mol. The average Bonchev–Trinajstić information content (AvgIpc) is 3.08. The van der Waals surface area contributed by atoms with E-state index in [0.29, 0.717) is 26.4 Å². The van der Waals surface area contributed by atoms with Crippen LogP contribution in [0.2, 0.25) is 0 Å². The molecule has 0 bridgehead atoms. The molecule has 0 saturated carbocycles. The molecule has 0 radical (unpaired) electrons. The molecule has 1 aromatic heterocycles. The molecule has 1 aliphatic heterocycles. The van der Waals surface area contributed by atoms with Crippen molar-refractivity contribution in [3.05, 3.63) is 96.7 Å². The zero-order valence-corrected chi connectivity index (χ0v) is 18.5. The Balaban J connectivity index is 1.86. The number of carbonyl (C=O) groups excluding carboxylic acids is 2. The van der Waals surface area contributed by atoms with Crippen LogP contribution in [0.4, 0.5) is 0 Å². The lowest BCUT2D eigenvalue weighted by atomic mass is 9.96. The molecule has 0 aliphatic carbocycles. The Morgan fingerprint density at radius 1 is 1.09 bits per heavy atom. The smallest absolute Gasteiger partial charge is 0.338 e. The monoisotopic (exact) mass is 448 g/mol. The normalized spacial score (nSPS) is 15.7. The molecule has 32 heavy (non-hydrogen) atoms. The number of esters is 2. The molecule has 0 unspecified atom stereocenters. The molecule has 1 atom stereocenters. The van der Waals surface area contributed by atoms with E-state index in [9.17, 15) is 14.4 Å². The van der Waals surface area contributed by atoms with Crippen LogP contribution in [0, 0.1) is 0 Å². The van der Waals surface area contributed by atoms with Crippen LogP contribution in [-0.4, -0.2) is 23.6 Å². The zero-order chi connectivity index (χ0) is 22.8. The second-order valence-electron chi connectivity index (χ2n) is 7.15. The highest BCUT2D eigenvalue weighted by Crippen LogP contribution is 2.30. The van der Waals surface area contributed by atoms with E-state index in [1.165, 1.54) is 29.9 Å². The molecule has 8 heteroatoms. The maximum Gasteiger partial charge on any atom is 0.338 e. The van der Waals surface area contributed by atoms with E-state index < -0.39 is 18.0 Å². The molecule has 3 aromatic rings. The van der Waals surface area contributed by atoms with Crippen molar-refractivity contribution < 1.29 is 19.1 Å². The van der Waals surface area contributed by atoms with Gasteiger partial charge in [0.1, 0.15) is 5.75 Å². The Kier molecular flexibility index (Phi) is 5.87. The summed E-state index contributed by atoms with van der Waals surface area (Å²) in [4.78, 5) is 42.1. The average molecular weight is 449 g/mol. The molecule has 0 fully saturated rings. The first-order chi connectivity index (χ1) is 15.4. The summed E-state index contributed by atoms with van der Waals surface area (Å²) in [6.45, 7) is 3.08. The summed E-state index contributed by atoms with van der Waals surface area (Å²) in [5, 5.41) is 0. The number of fused-ring (bicyclic) bond motifs is 1. The van der Waals surface area contributed by atoms with Crippen molar-refractivity contribution in [2.45, 2.75) is 19.9 Å². The van der Waals surface area contributed by atoms with Gasteiger partial charge >= 0.3 is 11.9 Å². The van der Waals surface area contributed by atoms with Gasteiger partial charge in [-0.2, -0.15) is 0 Å². The predicted molar refractivity (Wildman–Crippen MR) is 120 cm³/mol. The van der Waals surface area contributed by atoms with Crippen molar-refractivity contribution in [1.82, 2.24) is 4.57 Å². The quantitative estimate of drug-likeness (QED) is 0.452. The molecule has 2 aromatic carbocycles. The number of methoxy groups -OCH3 is 1. The summed E-state index contributed by atoms with van der Waals surface area (Å²) in [5.41, 5.74) is 2.17. The number of benzene rings is 2. The van der Waals surface area contributed by atoms with Crippen molar-refractivity contribution in [2.24, 2.45) is 4.99 Å². The maximum absolute atomic E-state index is 13.4. The SMILES string of the molecule is COC(=O)C1=C(C)N=c2s/c(=C/c3ccc(OC(C)=O)cc3)c(=O)n2[C@H]1c1ccccc1. The lowest BCUT2D eigenvalue weighted by molar-refractivity contribution is -0.136. The van der Waals surface area contributed by atoms with Gasteiger partial charge in [0, 0.05) is 6.92 Å². The van der Waals surface area contributed by atoms with Gasteiger partial charge in [-0.15, -0.1) is 0 Å². The van der Waals surface area contributed by atoms with Crippen molar-refractivity contribution in [1.29, 1.82) is 0 Å². The van der Waals surface area contributed by atoms with Gasteiger partial charge in [0.2, 0.25) is 0 Å². The number of aromatic nitrogens is 1. The summed E-state index contributed by atoms with van der Waals surface area (Å²) < 4.78 is 12.1. The van der Waals surface area contributed by atoms with Crippen molar-refractivity contribution in [3.63, 3.8) is 0 Å². The minimum absolute atomic E-state index is 0.249. The van der Waals surface area contributed by atoms with Gasteiger partial charge in [0.25, 0.3) is 5.56 Å². The van der Waals surface area contributed by atoms with E-state index in [1.807, 2.05) is 30.3 Å². The Bertz CT molecular complexity index is 1400. The number of carbonyl (C=O) groups is 2. The van der Waals surface area contributed by atoms with Crippen LogP contribution in [-0.2, 0) is 14.3 Å². The molecule has 0 N–H and O–H groups in total. The standard InChI is InChI=1S/C24H20N2O5S/c1-14-20(23(29)30-3)21(17-7-5-4-6-8-17)26-22(28)19(32-24(26)25-14)13-16-9-11-18(12-10-16)31-15(2)27/h4-13,21H,1-3H3/b19-13+/t21-/m0/s1. The van der Waals surface area contributed by atoms with Gasteiger partial charge in [0.15, 0.2) is 4.80 Å². The fraction of sp³-hybridized carbons (Fsp3) is 0.167. The third-order valence-corrected chi connectivity index (χ3v) is 5.96. The first-order valence-electron chi connectivity index (χ1n) is 9.83. The largest absolute Gasteiger partial charge is 0.466 e. The van der Waals surface area contributed by atoms with Crippen molar-refractivity contribution in [2.75, 3.05) is 7.11 Å². The van der Waals surface area contributed by atoms with Crippen LogP contribution in [0.1, 0.15) is 31.0 Å². The van der Waals surface area contributed by atoms with E-state index >= 15 is 0 Å². The molecule has 0 amide bonds. The highest BCUT2D eigenvalue weighted by molar-refractivity contribution is 7.07. The van der Waals surface area contributed by atoms with Gasteiger partial charge < -0.3 is 9.47 Å². The lowest BCUT2D eigenvalue weighted by Gasteiger charge is -2.24. The second-order valence-corrected chi connectivity index (χ2v) is 8.16. The zero-order valence-electron chi connectivity index (χ0n) is 17.7. The van der Waals surface area contributed by atoms with E-state index in [-0.39, 0.29) is 5.56 Å². The Morgan fingerprint density at radius 3 is 2.41 bits per heavy atom. The van der Waals surface area contributed by atoms with Gasteiger partial charge in [0.05, 0.1) is 29.0 Å². The van der Waals surface area contributed by atoms with E-state index in [1.54, 1.807) is 37.3 Å². The van der Waals surface area contributed by atoms with Crippen LogP contribution in [0.3, 0.4) is 0 Å². The third kappa shape index (κ3) is 4.04. The highest BCUT2D eigenvalue weighted by Gasteiger charge is 2.32. The Labute approximate surface area is 187 Å². The molecule has 7 nitrogen and oxygen atoms in total. The summed E-state index contributed by atoms with van der Waals surface area (Å²) >= 11 is 1.25. The van der Waals surface area contributed by atoms with Crippen LogP contribution in [0.5, 0.6) is 5.75 Å². The topological polar surface area (TPSA) is 87.0 Å². The molecule has 1 aliphatic rings. The van der Waals surface area contributed by atoms with Crippen molar-refractivity contribution >= 4 is 29.4 Å². The highest BCUT2D eigenvalue weighted by atomic mass is 32.1. The molecular formula is C24H20N2O5S. The number of hydrogen-bond acceptors (Lipinski definition) is 7. The van der Waals surface area contributed by atoms with Crippen molar-refractivity contribution in [3.8, 4) is 5.75 Å². The predicted octanol–water partition coefficient (Wildman–Crippen LogP) is 2.33. The maximum atomic E-state index is 13.4. The van der Waals surface area contributed by atoms with E-state index in [2.05, 4.69) is 4.99 Å². The second kappa shape index (κ2) is 8.76. The van der Waals surface area contributed by atoms with Crippen LogP contribution >= 0.6 is 11.3 Å². The fourth-order valence-electron chi connectivity index (χ4n) is 3.59. The van der Waals surface area contributed by atoms with E-state index in [4.69, 9.17) is 9.47 Å². The molecule has 162 valence electrons. The van der Waals surface area contributed by atoms with Gasteiger partial charge in [-0.05, 0) is 36.3 Å². The number of nitrogens with zero attached hydrogens (tertiary/aromatic N) is 2. The number of allylic oxidation sites excluding steroid dienone is 1. The molecule has 0 saturated heterocycles. The van der Waals surface area contributed by atoms with Crippen LogP contribution in [0.25, 0.3) is 6.08 Å². The molecule has 4 rings (SSSR count). The lowest BCUT2D eigenvalue weighted by Crippen LogP contribution is -2.39. The molecule has 2 heterocycles. The summed E-state index contributed by atoms with van der Waals surface area (Å²) in [6, 6.07) is 15.6. The summed E-state index contributed by atoms with van der Waals surface area (Å²) in [5.74, 6) is -0.488.